The predicted octanol–water partition coefficient (Wildman–Crippen LogP) is 0.978. The third-order valence-electron chi connectivity index (χ3n) is 2.32. The number of sulfonamides is 1. The molecule has 0 unspecified atom stereocenters. The van der Waals surface area contributed by atoms with Gasteiger partial charge < -0.3 is 10.1 Å². The molecule has 0 radical (unpaired) electrons. The third kappa shape index (κ3) is 5.06. The maximum Gasteiger partial charge on any atom is 0.357 e. The van der Waals surface area contributed by atoms with Crippen LogP contribution in [-0.2, 0) is 14.8 Å². The van der Waals surface area contributed by atoms with E-state index in [1.165, 1.54) is 18.4 Å². The Morgan fingerprint density at radius 2 is 2.05 bits per heavy atom. The standard InChI is InChI=1S/C11H19N3O4S2/c1-7-8(9(15)18-4)13-10(19-7)12-6-11(2,3)14-20(5,16)17/h14H,6H2,1-5H3,(H,12,13). The van der Waals surface area contributed by atoms with Crippen molar-refractivity contribution in [3.8, 4) is 0 Å². The number of carbonyl (C=O) groups is 1. The van der Waals surface area contributed by atoms with Crippen LogP contribution in [0.4, 0.5) is 5.13 Å². The van der Waals surface area contributed by atoms with Crippen LogP contribution in [0.1, 0.15) is 29.2 Å². The molecule has 9 heteroatoms. The molecule has 1 aromatic heterocycles. The minimum atomic E-state index is -3.29. The molecule has 0 bridgehead atoms. The molecule has 0 aromatic carbocycles. The van der Waals surface area contributed by atoms with Crippen LogP contribution in [0.5, 0.6) is 0 Å². The van der Waals surface area contributed by atoms with Gasteiger partial charge in [-0.3, -0.25) is 0 Å². The van der Waals surface area contributed by atoms with Crippen molar-refractivity contribution in [2.75, 3.05) is 25.2 Å². The van der Waals surface area contributed by atoms with E-state index < -0.39 is 21.5 Å². The van der Waals surface area contributed by atoms with Crippen LogP contribution < -0.4 is 10.0 Å². The molecule has 0 saturated carbocycles. The van der Waals surface area contributed by atoms with Crippen LogP contribution >= 0.6 is 11.3 Å². The van der Waals surface area contributed by atoms with Crippen molar-refractivity contribution in [2.45, 2.75) is 26.3 Å². The highest BCUT2D eigenvalue weighted by molar-refractivity contribution is 7.88. The van der Waals surface area contributed by atoms with Gasteiger partial charge >= 0.3 is 5.97 Å². The van der Waals surface area contributed by atoms with E-state index in [4.69, 9.17) is 0 Å². The normalized spacial score (nSPS) is 12.2. The summed E-state index contributed by atoms with van der Waals surface area (Å²) >= 11 is 1.32. The van der Waals surface area contributed by atoms with E-state index in [0.29, 0.717) is 11.7 Å². The Morgan fingerprint density at radius 3 is 2.55 bits per heavy atom. The van der Waals surface area contributed by atoms with Gasteiger partial charge in [0.05, 0.1) is 13.4 Å². The van der Waals surface area contributed by atoms with Gasteiger partial charge in [0.25, 0.3) is 0 Å². The molecule has 1 heterocycles. The molecule has 20 heavy (non-hydrogen) atoms. The summed E-state index contributed by atoms with van der Waals surface area (Å²) in [6.45, 7) is 5.62. The van der Waals surface area contributed by atoms with Crippen LogP contribution in [0.25, 0.3) is 0 Å². The number of esters is 1. The second-order valence-electron chi connectivity index (χ2n) is 5.03. The van der Waals surface area contributed by atoms with Crippen molar-refractivity contribution in [3.05, 3.63) is 10.6 Å². The summed E-state index contributed by atoms with van der Waals surface area (Å²) in [7, 11) is -1.99. The zero-order chi connectivity index (χ0) is 15.6. The van der Waals surface area contributed by atoms with Gasteiger partial charge in [0, 0.05) is 17.0 Å². The highest BCUT2D eigenvalue weighted by atomic mass is 32.2. The zero-order valence-corrected chi connectivity index (χ0v) is 13.7. The highest BCUT2D eigenvalue weighted by Crippen LogP contribution is 2.23. The van der Waals surface area contributed by atoms with E-state index in [1.807, 2.05) is 0 Å². The van der Waals surface area contributed by atoms with Gasteiger partial charge in [-0.05, 0) is 20.8 Å². The molecule has 0 aliphatic rings. The first-order valence-corrected chi connectivity index (χ1v) is 8.53. The van der Waals surface area contributed by atoms with Crippen LogP contribution in [0.15, 0.2) is 0 Å². The van der Waals surface area contributed by atoms with Crippen LogP contribution in [0, 0.1) is 6.92 Å². The molecule has 1 rings (SSSR count). The lowest BCUT2D eigenvalue weighted by Crippen LogP contribution is -2.47. The third-order valence-corrected chi connectivity index (χ3v) is 4.17. The molecule has 0 amide bonds. The number of thiazole rings is 1. The topological polar surface area (TPSA) is 97.4 Å². The number of methoxy groups -OCH3 is 1. The molecule has 7 nitrogen and oxygen atoms in total. The largest absolute Gasteiger partial charge is 0.464 e. The fourth-order valence-electron chi connectivity index (χ4n) is 1.59. The minimum absolute atomic E-state index is 0.272. The van der Waals surface area contributed by atoms with Gasteiger partial charge in [0.1, 0.15) is 0 Å². The molecule has 0 aliphatic heterocycles. The van der Waals surface area contributed by atoms with Crippen molar-refractivity contribution >= 4 is 32.5 Å². The van der Waals surface area contributed by atoms with Crippen molar-refractivity contribution in [1.29, 1.82) is 0 Å². The van der Waals surface area contributed by atoms with Crippen LogP contribution in [0.2, 0.25) is 0 Å². The first-order valence-electron chi connectivity index (χ1n) is 5.82. The fraction of sp³-hybridized carbons (Fsp3) is 0.636. The number of carbonyl (C=O) groups excluding carboxylic acids is 1. The number of nitrogens with zero attached hydrogens (tertiary/aromatic N) is 1. The zero-order valence-electron chi connectivity index (χ0n) is 12.1. The fourth-order valence-corrected chi connectivity index (χ4v) is 3.47. The number of ether oxygens (including phenoxy) is 1. The average Bonchev–Trinajstić information content (AvgIpc) is 2.64. The molecule has 2 N–H and O–H groups in total. The summed E-state index contributed by atoms with van der Waals surface area (Å²) in [5, 5.41) is 3.57. The van der Waals surface area contributed by atoms with Crippen LogP contribution in [-0.4, -0.2) is 44.8 Å². The summed E-state index contributed by atoms with van der Waals surface area (Å²) in [6.07, 6.45) is 1.11. The lowest BCUT2D eigenvalue weighted by Gasteiger charge is -2.25. The van der Waals surface area contributed by atoms with Gasteiger partial charge in [0.2, 0.25) is 10.0 Å². The van der Waals surface area contributed by atoms with E-state index in [9.17, 15) is 13.2 Å². The molecular weight excluding hydrogens is 302 g/mol. The Hall–Kier alpha value is -1.19. The lowest BCUT2D eigenvalue weighted by molar-refractivity contribution is 0.0594. The second-order valence-corrected chi connectivity index (χ2v) is 7.98. The molecule has 0 saturated heterocycles. The lowest BCUT2D eigenvalue weighted by atomic mass is 10.1. The summed E-state index contributed by atoms with van der Waals surface area (Å²) < 4.78 is 29.6. The summed E-state index contributed by atoms with van der Waals surface area (Å²) in [5.41, 5.74) is -0.396. The maximum atomic E-state index is 11.4. The van der Waals surface area contributed by atoms with E-state index in [-0.39, 0.29) is 5.69 Å². The van der Waals surface area contributed by atoms with Crippen LogP contribution in [0.3, 0.4) is 0 Å². The van der Waals surface area contributed by atoms with Crippen molar-refractivity contribution in [1.82, 2.24) is 9.71 Å². The van der Waals surface area contributed by atoms with Gasteiger partial charge in [-0.1, -0.05) is 0 Å². The molecule has 0 aliphatic carbocycles. The average molecular weight is 321 g/mol. The first kappa shape index (κ1) is 16.9. The number of hydrogen-bond donors (Lipinski definition) is 2. The number of rotatable bonds is 6. The highest BCUT2D eigenvalue weighted by Gasteiger charge is 2.23. The first-order chi connectivity index (χ1) is 9.04. The Balaban J connectivity index is 2.73. The summed E-state index contributed by atoms with van der Waals surface area (Å²) in [6, 6.07) is 0. The van der Waals surface area contributed by atoms with Crippen molar-refractivity contribution < 1.29 is 17.9 Å². The second kappa shape index (κ2) is 6.06. The Kier molecular flexibility index (Phi) is 5.11. The minimum Gasteiger partial charge on any atom is -0.464 e. The molecule has 0 fully saturated rings. The number of aromatic nitrogens is 1. The Bertz CT molecular complexity index is 593. The molecular formula is C11H19N3O4S2. The molecule has 0 atom stereocenters. The summed E-state index contributed by atoms with van der Waals surface area (Å²) in [5.74, 6) is -0.486. The molecule has 114 valence electrons. The number of nitrogens with one attached hydrogen (secondary N) is 2. The Labute approximate surface area is 122 Å². The maximum absolute atomic E-state index is 11.4. The predicted molar refractivity (Wildman–Crippen MR) is 78.7 cm³/mol. The van der Waals surface area contributed by atoms with Gasteiger partial charge in [-0.25, -0.2) is 22.9 Å². The Morgan fingerprint density at radius 1 is 1.45 bits per heavy atom. The molecule has 0 spiro atoms. The van der Waals surface area contributed by atoms with Gasteiger partial charge in [0.15, 0.2) is 10.8 Å². The molecule has 1 aromatic rings. The van der Waals surface area contributed by atoms with E-state index in [1.54, 1.807) is 20.8 Å². The summed E-state index contributed by atoms with van der Waals surface area (Å²) in [4.78, 5) is 16.3. The van der Waals surface area contributed by atoms with E-state index >= 15 is 0 Å². The monoisotopic (exact) mass is 321 g/mol. The van der Waals surface area contributed by atoms with Gasteiger partial charge in [-0.2, -0.15) is 0 Å². The quantitative estimate of drug-likeness (QED) is 0.758. The van der Waals surface area contributed by atoms with Crippen molar-refractivity contribution in [2.24, 2.45) is 0 Å². The number of hydrogen-bond acceptors (Lipinski definition) is 7. The van der Waals surface area contributed by atoms with E-state index in [2.05, 4.69) is 19.8 Å². The van der Waals surface area contributed by atoms with E-state index in [0.717, 1.165) is 11.1 Å². The number of aryl methyl sites for hydroxylation is 1. The SMILES string of the molecule is COC(=O)c1nc(NCC(C)(C)NS(C)(=O)=O)sc1C. The van der Waals surface area contributed by atoms with Gasteiger partial charge in [-0.15, -0.1) is 11.3 Å². The van der Waals surface area contributed by atoms with Crippen molar-refractivity contribution in [3.63, 3.8) is 0 Å². The number of anilines is 1. The smallest absolute Gasteiger partial charge is 0.357 e.